The summed E-state index contributed by atoms with van der Waals surface area (Å²) in [6.07, 6.45) is 19.6. The third-order valence-electron chi connectivity index (χ3n) is 5.92. The first-order chi connectivity index (χ1) is 16.5. The summed E-state index contributed by atoms with van der Waals surface area (Å²) in [7, 11) is 0. The maximum absolute atomic E-state index is 12.1. The van der Waals surface area contributed by atoms with Crippen molar-refractivity contribution in [3.63, 3.8) is 0 Å². The van der Waals surface area contributed by atoms with E-state index in [-0.39, 0.29) is 41.4 Å². The van der Waals surface area contributed by atoms with Crippen LogP contribution in [0.5, 0.6) is 17.2 Å². The number of carbonyl (C=O) groups is 2. The summed E-state index contributed by atoms with van der Waals surface area (Å²) >= 11 is 0. The molecule has 202 valence electrons. The maximum Gasteiger partial charge on any atom is 0.338 e. The predicted molar refractivity (Wildman–Crippen MR) is 136 cm³/mol. The molecule has 6 nitrogen and oxygen atoms in total. The Morgan fingerprint density at radius 2 is 1.11 bits per heavy atom. The van der Waals surface area contributed by atoms with Gasteiger partial charge in [0.05, 0.1) is 12.2 Å². The zero-order valence-corrected chi connectivity index (χ0v) is 22.9. The third kappa shape index (κ3) is 15.8. The number of phenolic OH excluding ortho intramolecular Hbond substituents is 2. The molecule has 7 heteroatoms. The summed E-state index contributed by atoms with van der Waals surface area (Å²) in [6, 6.07) is 2.27. The van der Waals surface area contributed by atoms with E-state index >= 15 is 0 Å². The SMILES string of the molecule is CCCCCCCCCCCCCCCCCC(=O)Oc1c(O)cc(C(=O)OCCC)cc1O.[Fe]. The number of aromatic hydroxyl groups is 2. The first kappa shape index (κ1) is 33.3. The number of unbranched alkanes of at least 4 members (excludes halogenated alkanes) is 14. The van der Waals surface area contributed by atoms with Gasteiger partial charge in [-0.15, -0.1) is 0 Å². The Hall–Kier alpha value is -1.72. The molecule has 35 heavy (non-hydrogen) atoms. The van der Waals surface area contributed by atoms with Gasteiger partial charge in [0.1, 0.15) is 0 Å². The Balaban J connectivity index is 0.0000116. The number of hydrogen-bond acceptors (Lipinski definition) is 6. The summed E-state index contributed by atoms with van der Waals surface area (Å²) in [6.45, 7) is 4.37. The van der Waals surface area contributed by atoms with Crippen LogP contribution in [0.1, 0.15) is 133 Å². The van der Waals surface area contributed by atoms with E-state index in [0.29, 0.717) is 12.8 Å². The zero-order chi connectivity index (χ0) is 25.0. The minimum atomic E-state index is -0.650. The number of hydrogen-bond donors (Lipinski definition) is 2. The summed E-state index contributed by atoms with van der Waals surface area (Å²) in [5, 5.41) is 20.1. The van der Waals surface area contributed by atoms with Crippen LogP contribution in [-0.2, 0) is 26.6 Å². The molecule has 0 unspecified atom stereocenters. The normalized spacial score (nSPS) is 10.6. The van der Waals surface area contributed by atoms with Crippen molar-refractivity contribution >= 4 is 11.9 Å². The second-order valence-electron chi connectivity index (χ2n) is 9.15. The van der Waals surface area contributed by atoms with Gasteiger partial charge in [-0.3, -0.25) is 4.79 Å². The van der Waals surface area contributed by atoms with Crippen molar-refractivity contribution < 1.29 is 46.3 Å². The number of ether oxygens (including phenoxy) is 2. The largest absolute Gasteiger partial charge is 0.504 e. The summed E-state index contributed by atoms with van der Waals surface area (Å²) in [5.74, 6) is -2.41. The average Bonchev–Trinajstić information content (AvgIpc) is 2.82. The molecule has 0 aromatic heterocycles. The minimum Gasteiger partial charge on any atom is -0.504 e. The van der Waals surface area contributed by atoms with Gasteiger partial charge in [0, 0.05) is 23.5 Å². The fourth-order valence-corrected chi connectivity index (χ4v) is 3.90. The van der Waals surface area contributed by atoms with Crippen molar-refractivity contribution in [1.29, 1.82) is 0 Å². The van der Waals surface area contributed by atoms with E-state index in [0.717, 1.165) is 25.0 Å². The van der Waals surface area contributed by atoms with Crippen molar-refractivity contribution in [1.82, 2.24) is 0 Å². The van der Waals surface area contributed by atoms with Crippen LogP contribution in [0.15, 0.2) is 12.1 Å². The van der Waals surface area contributed by atoms with E-state index in [1.807, 2.05) is 6.92 Å². The molecule has 0 radical (unpaired) electrons. The number of carbonyl (C=O) groups excluding carboxylic acids is 2. The van der Waals surface area contributed by atoms with Gasteiger partial charge < -0.3 is 19.7 Å². The second-order valence-corrected chi connectivity index (χ2v) is 9.15. The van der Waals surface area contributed by atoms with E-state index in [2.05, 4.69) is 6.92 Å². The quantitative estimate of drug-likeness (QED) is 0.0767. The van der Waals surface area contributed by atoms with Crippen LogP contribution in [0, 0.1) is 0 Å². The molecular formula is C28H46FeO6. The van der Waals surface area contributed by atoms with Crippen molar-refractivity contribution in [3.05, 3.63) is 17.7 Å². The molecule has 0 amide bonds. The molecule has 0 aliphatic heterocycles. The van der Waals surface area contributed by atoms with E-state index in [9.17, 15) is 19.8 Å². The van der Waals surface area contributed by atoms with Crippen molar-refractivity contribution in [2.45, 2.75) is 123 Å². The van der Waals surface area contributed by atoms with Gasteiger partial charge in [-0.05, 0) is 25.0 Å². The number of rotatable bonds is 20. The van der Waals surface area contributed by atoms with Crippen LogP contribution in [-0.4, -0.2) is 28.8 Å². The van der Waals surface area contributed by atoms with Gasteiger partial charge in [-0.1, -0.05) is 104 Å². The molecule has 2 N–H and O–H groups in total. The molecule has 1 aromatic rings. The Labute approximate surface area is 222 Å². The molecule has 0 saturated carbocycles. The van der Waals surface area contributed by atoms with Crippen molar-refractivity contribution in [2.24, 2.45) is 0 Å². The van der Waals surface area contributed by atoms with Crippen LogP contribution >= 0.6 is 0 Å². The number of phenols is 2. The molecule has 0 bridgehead atoms. The number of benzene rings is 1. The molecule has 0 saturated heterocycles. The second kappa shape index (κ2) is 21.6. The van der Waals surface area contributed by atoms with Gasteiger partial charge in [0.15, 0.2) is 11.5 Å². The molecule has 0 fully saturated rings. The Bertz CT molecular complexity index is 684. The molecule has 1 aromatic carbocycles. The van der Waals surface area contributed by atoms with Crippen LogP contribution in [0.4, 0.5) is 0 Å². The van der Waals surface area contributed by atoms with Gasteiger partial charge >= 0.3 is 11.9 Å². The Morgan fingerprint density at radius 1 is 0.686 bits per heavy atom. The fourth-order valence-electron chi connectivity index (χ4n) is 3.90. The smallest absolute Gasteiger partial charge is 0.338 e. The number of esters is 2. The van der Waals surface area contributed by atoms with Gasteiger partial charge in [-0.25, -0.2) is 4.79 Å². The van der Waals surface area contributed by atoms with Crippen LogP contribution < -0.4 is 4.74 Å². The topological polar surface area (TPSA) is 93.1 Å². The standard InChI is InChI=1S/C28H46O6.Fe/c1-3-5-6-7-8-9-10-11-12-13-14-15-16-17-18-19-26(31)34-27-24(29)21-23(22-25(27)30)28(32)33-20-4-2;/h21-22,29-30H,3-20H2,1-2H3;. The monoisotopic (exact) mass is 534 g/mol. The van der Waals surface area contributed by atoms with Crippen molar-refractivity contribution in [2.75, 3.05) is 6.61 Å². The van der Waals surface area contributed by atoms with E-state index in [1.54, 1.807) is 0 Å². The first-order valence-electron chi connectivity index (χ1n) is 13.4. The summed E-state index contributed by atoms with van der Waals surface area (Å²) < 4.78 is 10.1. The summed E-state index contributed by atoms with van der Waals surface area (Å²) in [5.41, 5.74) is 0.00524. The van der Waals surface area contributed by atoms with E-state index in [4.69, 9.17) is 9.47 Å². The van der Waals surface area contributed by atoms with E-state index in [1.165, 1.54) is 77.0 Å². The van der Waals surface area contributed by atoms with Gasteiger partial charge in [-0.2, -0.15) is 0 Å². The minimum absolute atomic E-state index is 0. The molecule has 0 spiro atoms. The van der Waals surface area contributed by atoms with Gasteiger partial charge in [0.25, 0.3) is 0 Å². The molecule has 0 heterocycles. The Kier molecular flexibility index (Phi) is 20.5. The molecular weight excluding hydrogens is 488 g/mol. The van der Waals surface area contributed by atoms with Gasteiger partial charge in [0.2, 0.25) is 5.75 Å². The molecule has 0 atom stereocenters. The molecule has 0 aliphatic rings. The average molecular weight is 535 g/mol. The maximum atomic E-state index is 12.1. The molecule has 1 rings (SSSR count). The fraction of sp³-hybridized carbons (Fsp3) is 0.714. The van der Waals surface area contributed by atoms with Crippen LogP contribution in [0.25, 0.3) is 0 Å². The van der Waals surface area contributed by atoms with Crippen molar-refractivity contribution in [3.8, 4) is 17.2 Å². The zero-order valence-electron chi connectivity index (χ0n) is 21.8. The van der Waals surface area contributed by atoms with E-state index < -0.39 is 23.4 Å². The molecule has 0 aliphatic carbocycles. The Morgan fingerprint density at radius 3 is 1.54 bits per heavy atom. The van der Waals surface area contributed by atoms with Crippen LogP contribution in [0.2, 0.25) is 0 Å². The van der Waals surface area contributed by atoms with Crippen LogP contribution in [0.3, 0.4) is 0 Å². The third-order valence-corrected chi connectivity index (χ3v) is 5.92. The first-order valence-corrected chi connectivity index (χ1v) is 13.4. The summed E-state index contributed by atoms with van der Waals surface area (Å²) in [4.78, 5) is 23.9. The predicted octanol–water partition coefficient (Wildman–Crippen LogP) is 7.83.